The molecule has 0 N–H and O–H groups in total. The van der Waals surface area contributed by atoms with Crippen LogP contribution in [0.15, 0.2) is 133 Å². The minimum atomic E-state index is -0.457. The first-order valence-electron chi connectivity index (χ1n) is 13.0. The highest BCUT2D eigenvalue weighted by molar-refractivity contribution is 6.14. The first kappa shape index (κ1) is 23.6. The Labute approximate surface area is 230 Å². The van der Waals surface area contributed by atoms with Gasteiger partial charge in [-0.05, 0) is 45.8 Å². The molecule has 190 valence electrons. The molecule has 0 spiro atoms. The maximum atomic E-state index is 13.4. The zero-order chi connectivity index (χ0) is 27.1. The SMILES string of the molecule is O=C(Oc1c2ccccc2c(OC(=O)c2ccc3ccccc3c2)c2ccccc12)c1ccc2ccccc2c1. The number of fused-ring (bicyclic) bond motifs is 4. The van der Waals surface area contributed by atoms with Crippen molar-refractivity contribution in [3.63, 3.8) is 0 Å². The van der Waals surface area contributed by atoms with Crippen molar-refractivity contribution >= 4 is 55.0 Å². The van der Waals surface area contributed by atoms with E-state index in [9.17, 15) is 9.59 Å². The predicted octanol–water partition coefficient (Wildman–Crippen LogP) is 8.74. The topological polar surface area (TPSA) is 52.6 Å². The Balaban J connectivity index is 1.32. The molecule has 0 amide bonds. The molecule has 0 unspecified atom stereocenters. The average molecular weight is 519 g/mol. The summed E-state index contributed by atoms with van der Waals surface area (Å²) < 4.78 is 12.2. The van der Waals surface area contributed by atoms with E-state index in [2.05, 4.69) is 0 Å². The minimum Gasteiger partial charge on any atom is -0.422 e. The molecule has 0 bridgehead atoms. The molecule has 0 atom stereocenters. The van der Waals surface area contributed by atoms with E-state index in [1.54, 1.807) is 12.1 Å². The molecule has 7 rings (SSSR count). The van der Waals surface area contributed by atoms with Crippen LogP contribution in [0.3, 0.4) is 0 Å². The molecule has 0 aliphatic heterocycles. The smallest absolute Gasteiger partial charge is 0.343 e. The number of ether oxygens (including phenoxy) is 2. The van der Waals surface area contributed by atoms with E-state index in [-0.39, 0.29) is 0 Å². The van der Waals surface area contributed by atoms with E-state index in [1.807, 2.05) is 121 Å². The van der Waals surface area contributed by atoms with Crippen LogP contribution in [0.2, 0.25) is 0 Å². The van der Waals surface area contributed by atoms with E-state index < -0.39 is 11.9 Å². The fraction of sp³-hybridized carbons (Fsp3) is 0. The molecular formula is C36H22O4. The number of carbonyl (C=O) groups excluding carboxylic acids is 2. The van der Waals surface area contributed by atoms with Crippen LogP contribution in [0.5, 0.6) is 11.5 Å². The molecule has 4 nitrogen and oxygen atoms in total. The minimum absolute atomic E-state index is 0.426. The van der Waals surface area contributed by atoms with Crippen LogP contribution in [0, 0.1) is 0 Å². The summed E-state index contributed by atoms with van der Waals surface area (Å²) in [6.07, 6.45) is 0. The molecule has 40 heavy (non-hydrogen) atoms. The Morgan fingerprint density at radius 3 is 1.07 bits per heavy atom. The lowest BCUT2D eigenvalue weighted by Crippen LogP contribution is -2.11. The Kier molecular flexibility index (Phi) is 5.72. The van der Waals surface area contributed by atoms with Gasteiger partial charge in [-0.2, -0.15) is 0 Å². The summed E-state index contributed by atoms with van der Waals surface area (Å²) in [7, 11) is 0. The maximum Gasteiger partial charge on any atom is 0.343 e. The molecule has 7 aromatic rings. The van der Waals surface area contributed by atoms with E-state index >= 15 is 0 Å². The molecule has 0 aromatic heterocycles. The first-order chi connectivity index (χ1) is 19.7. The maximum absolute atomic E-state index is 13.4. The number of carbonyl (C=O) groups is 2. The lowest BCUT2D eigenvalue weighted by molar-refractivity contribution is 0.0726. The Hall–Kier alpha value is -5.48. The average Bonchev–Trinajstić information content (AvgIpc) is 3.01. The number of hydrogen-bond donors (Lipinski definition) is 0. The summed E-state index contributed by atoms with van der Waals surface area (Å²) in [5, 5.41) is 6.73. The molecule has 0 aliphatic rings. The molecule has 7 aromatic carbocycles. The summed E-state index contributed by atoms with van der Waals surface area (Å²) in [5.41, 5.74) is 0.914. The quantitative estimate of drug-likeness (QED) is 0.133. The molecule has 0 heterocycles. The van der Waals surface area contributed by atoms with Crippen LogP contribution in [-0.4, -0.2) is 11.9 Å². The highest BCUT2D eigenvalue weighted by Gasteiger charge is 2.21. The van der Waals surface area contributed by atoms with Crippen molar-refractivity contribution in [2.45, 2.75) is 0 Å². The van der Waals surface area contributed by atoms with Crippen LogP contribution < -0.4 is 9.47 Å². The van der Waals surface area contributed by atoms with E-state index in [4.69, 9.17) is 9.47 Å². The number of benzene rings is 7. The highest BCUT2D eigenvalue weighted by atomic mass is 16.5. The van der Waals surface area contributed by atoms with Crippen molar-refractivity contribution in [1.29, 1.82) is 0 Å². The van der Waals surface area contributed by atoms with Gasteiger partial charge in [0, 0.05) is 21.5 Å². The standard InChI is InChI=1S/C36H22O4/c37-35(27-19-17-23-9-1-3-11-25(23)21-27)39-33-29-13-5-7-15-31(29)34(32-16-8-6-14-30(32)33)40-36(38)28-20-18-24-10-2-4-12-26(24)22-28/h1-22H. The molecular weight excluding hydrogens is 496 g/mol. The summed E-state index contributed by atoms with van der Waals surface area (Å²) in [6.45, 7) is 0. The number of esters is 2. The van der Waals surface area contributed by atoms with Gasteiger partial charge in [-0.3, -0.25) is 0 Å². The van der Waals surface area contributed by atoms with Gasteiger partial charge in [0.1, 0.15) is 11.5 Å². The number of hydrogen-bond acceptors (Lipinski definition) is 4. The second-order valence-electron chi connectivity index (χ2n) is 9.65. The van der Waals surface area contributed by atoms with E-state index in [0.29, 0.717) is 44.2 Å². The summed E-state index contributed by atoms with van der Waals surface area (Å²) in [6, 6.07) is 41.8. The van der Waals surface area contributed by atoms with Crippen molar-refractivity contribution in [3.8, 4) is 11.5 Å². The molecule has 0 radical (unpaired) electrons. The van der Waals surface area contributed by atoms with Gasteiger partial charge in [-0.1, -0.05) is 109 Å². The normalized spacial score (nSPS) is 11.2. The summed E-state index contributed by atoms with van der Waals surface area (Å²) in [4.78, 5) is 26.8. The molecule has 0 fully saturated rings. The first-order valence-corrected chi connectivity index (χ1v) is 13.0. The van der Waals surface area contributed by atoms with Gasteiger partial charge >= 0.3 is 11.9 Å². The third kappa shape index (κ3) is 4.12. The zero-order valence-electron chi connectivity index (χ0n) is 21.3. The Morgan fingerprint density at radius 2 is 0.700 bits per heavy atom. The molecule has 0 saturated heterocycles. The van der Waals surface area contributed by atoms with Crippen LogP contribution in [0.4, 0.5) is 0 Å². The zero-order valence-corrected chi connectivity index (χ0v) is 21.3. The number of rotatable bonds is 4. The van der Waals surface area contributed by atoms with Crippen LogP contribution >= 0.6 is 0 Å². The van der Waals surface area contributed by atoms with Gasteiger partial charge < -0.3 is 9.47 Å². The molecule has 4 heteroatoms. The third-order valence-corrected chi connectivity index (χ3v) is 7.19. The largest absolute Gasteiger partial charge is 0.422 e. The van der Waals surface area contributed by atoms with Crippen LogP contribution in [0.25, 0.3) is 43.1 Å². The predicted molar refractivity (Wildman–Crippen MR) is 159 cm³/mol. The van der Waals surface area contributed by atoms with Crippen LogP contribution in [0.1, 0.15) is 20.7 Å². The van der Waals surface area contributed by atoms with Crippen molar-refractivity contribution in [3.05, 3.63) is 145 Å². The summed E-state index contributed by atoms with van der Waals surface area (Å²) >= 11 is 0. The second-order valence-corrected chi connectivity index (χ2v) is 9.65. The van der Waals surface area contributed by atoms with Gasteiger partial charge in [0.2, 0.25) is 0 Å². The Bertz CT molecular complexity index is 1900. The van der Waals surface area contributed by atoms with Gasteiger partial charge in [0.05, 0.1) is 11.1 Å². The summed E-state index contributed by atoms with van der Waals surface area (Å²) in [5.74, 6) is -0.0614. The van der Waals surface area contributed by atoms with Gasteiger partial charge in [0.15, 0.2) is 0 Å². The van der Waals surface area contributed by atoms with Crippen molar-refractivity contribution in [1.82, 2.24) is 0 Å². The second kappa shape index (κ2) is 9.68. The van der Waals surface area contributed by atoms with Gasteiger partial charge in [0.25, 0.3) is 0 Å². The van der Waals surface area contributed by atoms with Crippen LogP contribution in [-0.2, 0) is 0 Å². The van der Waals surface area contributed by atoms with Crippen molar-refractivity contribution in [2.24, 2.45) is 0 Å². The van der Waals surface area contributed by atoms with Crippen molar-refractivity contribution in [2.75, 3.05) is 0 Å². The van der Waals surface area contributed by atoms with Gasteiger partial charge in [-0.15, -0.1) is 0 Å². The fourth-order valence-electron chi connectivity index (χ4n) is 5.20. The Morgan fingerprint density at radius 1 is 0.375 bits per heavy atom. The molecule has 0 aliphatic carbocycles. The van der Waals surface area contributed by atoms with E-state index in [0.717, 1.165) is 21.5 Å². The lowest BCUT2D eigenvalue weighted by atomic mass is 10.00. The van der Waals surface area contributed by atoms with Gasteiger partial charge in [-0.25, -0.2) is 9.59 Å². The monoisotopic (exact) mass is 518 g/mol. The fourth-order valence-corrected chi connectivity index (χ4v) is 5.20. The van der Waals surface area contributed by atoms with E-state index in [1.165, 1.54) is 0 Å². The van der Waals surface area contributed by atoms with Crippen molar-refractivity contribution < 1.29 is 19.1 Å². The highest BCUT2D eigenvalue weighted by Crippen LogP contribution is 2.43. The third-order valence-electron chi connectivity index (χ3n) is 7.19. The lowest BCUT2D eigenvalue weighted by Gasteiger charge is -2.16. The molecule has 0 saturated carbocycles.